The summed E-state index contributed by atoms with van der Waals surface area (Å²) in [5.74, 6) is -2.45. The standard InChI is InChI=1S/C24H23N5O5/c25-15-5-4-13-8-9-28(12-14(13)10-15)20(31)11-26-17-3-1-2-16-21(17)24(34)29(23(16)33)18-6-7-19(30)27-22(18)32/h1-5,10,18,26H,6-9,11-12,25H2,(H,27,30,32). The topological polar surface area (TPSA) is 142 Å². The van der Waals surface area contributed by atoms with Crippen molar-refractivity contribution in [1.82, 2.24) is 15.1 Å². The maximum Gasteiger partial charge on any atom is 0.264 e. The van der Waals surface area contributed by atoms with Crippen molar-refractivity contribution in [3.63, 3.8) is 0 Å². The molecule has 0 spiro atoms. The van der Waals surface area contributed by atoms with Crippen molar-refractivity contribution in [3.05, 3.63) is 58.7 Å². The van der Waals surface area contributed by atoms with E-state index in [1.54, 1.807) is 17.0 Å². The van der Waals surface area contributed by atoms with E-state index < -0.39 is 29.7 Å². The lowest BCUT2D eigenvalue weighted by Crippen LogP contribution is -2.54. The van der Waals surface area contributed by atoms with Crippen molar-refractivity contribution in [2.24, 2.45) is 0 Å². The molecule has 1 unspecified atom stereocenters. The Balaban J connectivity index is 1.31. The minimum Gasteiger partial charge on any atom is -0.399 e. The molecule has 0 saturated carbocycles. The van der Waals surface area contributed by atoms with Crippen LogP contribution in [0.1, 0.15) is 44.7 Å². The monoisotopic (exact) mass is 461 g/mol. The zero-order valence-electron chi connectivity index (χ0n) is 18.3. The zero-order chi connectivity index (χ0) is 24.0. The summed E-state index contributed by atoms with van der Waals surface area (Å²) in [6.45, 7) is 0.966. The molecule has 10 heteroatoms. The SMILES string of the molecule is Nc1ccc2c(c1)CN(C(=O)CNc1cccc3c1C(=O)N(C1CCC(=O)NC1=O)C3=O)CC2. The van der Waals surface area contributed by atoms with Gasteiger partial charge in [0.1, 0.15) is 6.04 Å². The maximum absolute atomic E-state index is 13.2. The van der Waals surface area contributed by atoms with Gasteiger partial charge in [0, 0.05) is 30.9 Å². The van der Waals surface area contributed by atoms with Gasteiger partial charge in [-0.1, -0.05) is 12.1 Å². The second-order valence-corrected chi connectivity index (χ2v) is 8.62. The number of hydrogen-bond donors (Lipinski definition) is 3. The van der Waals surface area contributed by atoms with Crippen molar-refractivity contribution in [2.75, 3.05) is 24.1 Å². The lowest BCUT2D eigenvalue weighted by molar-refractivity contribution is -0.136. The smallest absolute Gasteiger partial charge is 0.264 e. The van der Waals surface area contributed by atoms with Gasteiger partial charge in [-0.15, -0.1) is 0 Å². The van der Waals surface area contributed by atoms with Gasteiger partial charge < -0.3 is 16.0 Å². The summed E-state index contributed by atoms with van der Waals surface area (Å²) < 4.78 is 0. The minimum absolute atomic E-state index is 0.0496. The summed E-state index contributed by atoms with van der Waals surface area (Å²) in [6, 6.07) is 9.42. The van der Waals surface area contributed by atoms with Crippen LogP contribution in [0.5, 0.6) is 0 Å². The number of benzene rings is 2. The second-order valence-electron chi connectivity index (χ2n) is 8.62. The molecule has 10 nitrogen and oxygen atoms in total. The van der Waals surface area contributed by atoms with Crippen LogP contribution in [0.4, 0.5) is 11.4 Å². The highest BCUT2D eigenvalue weighted by atomic mass is 16.2. The van der Waals surface area contributed by atoms with E-state index in [0.29, 0.717) is 24.5 Å². The first-order chi connectivity index (χ1) is 16.3. The summed E-state index contributed by atoms with van der Waals surface area (Å²) in [5, 5.41) is 5.18. The molecule has 2 aromatic rings. The van der Waals surface area contributed by atoms with Gasteiger partial charge in [-0.25, -0.2) is 0 Å². The molecule has 34 heavy (non-hydrogen) atoms. The number of nitrogens with one attached hydrogen (secondary N) is 2. The first-order valence-corrected chi connectivity index (χ1v) is 11.1. The highest BCUT2D eigenvalue weighted by molar-refractivity contribution is 6.25. The van der Waals surface area contributed by atoms with Gasteiger partial charge in [0.2, 0.25) is 17.7 Å². The number of hydrogen-bond acceptors (Lipinski definition) is 7. The Labute approximate surface area is 195 Å². The second kappa shape index (κ2) is 8.29. The highest BCUT2D eigenvalue weighted by Gasteiger charge is 2.45. The minimum atomic E-state index is -1.04. The molecule has 2 aromatic carbocycles. The average Bonchev–Trinajstić information content (AvgIpc) is 3.07. The molecule has 3 heterocycles. The number of carbonyl (C=O) groups is 5. The lowest BCUT2D eigenvalue weighted by atomic mass is 9.99. The van der Waals surface area contributed by atoms with Gasteiger partial charge in [0.25, 0.3) is 11.8 Å². The fourth-order valence-corrected chi connectivity index (χ4v) is 4.73. The molecule has 5 rings (SSSR count). The molecule has 0 radical (unpaired) electrons. The average molecular weight is 461 g/mol. The predicted molar refractivity (Wildman–Crippen MR) is 122 cm³/mol. The fraction of sp³-hybridized carbons (Fsp3) is 0.292. The Morgan fingerprint density at radius 1 is 1.06 bits per heavy atom. The molecule has 1 atom stereocenters. The van der Waals surface area contributed by atoms with Crippen LogP contribution in [0.25, 0.3) is 0 Å². The van der Waals surface area contributed by atoms with Crippen LogP contribution in [0, 0.1) is 0 Å². The first kappa shape index (κ1) is 21.6. The van der Waals surface area contributed by atoms with E-state index in [9.17, 15) is 24.0 Å². The number of anilines is 2. The van der Waals surface area contributed by atoms with Crippen LogP contribution in [0.3, 0.4) is 0 Å². The number of carbonyl (C=O) groups excluding carboxylic acids is 5. The Morgan fingerprint density at radius 2 is 1.88 bits per heavy atom. The van der Waals surface area contributed by atoms with Crippen molar-refractivity contribution >= 4 is 40.9 Å². The number of imide groups is 2. The maximum atomic E-state index is 13.2. The number of fused-ring (bicyclic) bond motifs is 2. The third kappa shape index (κ3) is 3.66. The molecule has 3 aliphatic heterocycles. The lowest BCUT2D eigenvalue weighted by Gasteiger charge is -2.29. The van der Waals surface area contributed by atoms with Crippen LogP contribution in [-0.2, 0) is 27.3 Å². The van der Waals surface area contributed by atoms with Gasteiger partial charge in [-0.3, -0.25) is 34.2 Å². The molecule has 1 saturated heterocycles. The first-order valence-electron chi connectivity index (χ1n) is 11.1. The number of amides is 5. The highest BCUT2D eigenvalue weighted by Crippen LogP contribution is 2.32. The number of piperidine rings is 1. The van der Waals surface area contributed by atoms with E-state index in [2.05, 4.69) is 10.6 Å². The number of rotatable bonds is 4. The number of nitrogens with zero attached hydrogens (tertiary/aromatic N) is 2. The number of nitrogens with two attached hydrogens (primary N) is 1. The third-order valence-electron chi connectivity index (χ3n) is 6.49. The molecule has 4 N–H and O–H groups in total. The molecule has 3 aliphatic rings. The molecule has 0 bridgehead atoms. The van der Waals surface area contributed by atoms with Gasteiger partial charge >= 0.3 is 0 Å². The van der Waals surface area contributed by atoms with E-state index >= 15 is 0 Å². The van der Waals surface area contributed by atoms with E-state index in [-0.39, 0.29) is 36.4 Å². The Hall–Kier alpha value is -4.21. The van der Waals surface area contributed by atoms with Crippen molar-refractivity contribution < 1.29 is 24.0 Å². The summed E-state index contributed by atoms with van der Waals surface area (Å²) in [6.07, 6.45) is 0.863. The summed E-state index contributed by atoms with van der Waals surface area (Å²) in [7, 11) is 0. The van der Waals surface area contributed by atoms with Gasteiger partial charge in [-0.2, -0.15) is 0 Å². The van der Waals surface area contributed by atoms with E-state index in [0.717, 1.165) is 16.9 Å². The summed E-state index contributed by atoms with van der Waals surface area (Å²) in [4.78, 5) is 65.3. The van der Waals surface area contributed by atoms with E-state index in [1.165, 1.54) is 11.6 Å². The number of nitrogen functional groups attached to an aromatic ring is 1. The normalized spacial score (nSPS) is 19.6. The molecule has 0 aliphatic carbocycles. The van der Waals surface area contributed by atoms with E-state index in [4.69, 9.17) is 5.73 Å². The molecular formula is C24H23N5O5. The Bertz CT molecular complexity index is 1260. The van der Waals surface area contributed by atoms with E-state index in [1.807, 2.05) is 18.2 Å². The van der Waals surface area contributed by atoms with Gasteiger partial charge in [0.05, 0.1) is 17.7 Å². The van der Waals surface area contributed by atoms with Crippen molar-refractivity contribution in [1.29, 1.82) is 0 Å². The zero-order valence-corrected chi connectivity index (χ0v) is 18.3. The van der Waals surface area contributed by atoms with Crippen LogP contribution in [0.2, 0.25) is 0 Å². The van der Waals surface area contributed by atoms with Crippen LogP contribution < -0.4 is 16.4 Å². The summed E-state index contributed by atoms with van der Waals surface area (Å²) in [5.41, 5.74) is 9.34. The van der Waals surface area contributed by atoms with Crippen molar-refractivity contribution in [2.45, 2.75) is 31.8 Å². The van der Waals surface area contributed by atoms with Gasteiger partial charge in [0.15, 0.2) is 0 Å². The largest absolute Gasteiger partial charge is 0.399 e. The Kier molecular flexibility index (Phi) is 5.27. The van der Waals surface area contributed by atoms with Crippen LogP contribution in [-0.4, -0.2) is 58.5 Å². The molecule has 0 aromatic heterocycles. The van der Waals surface area contributed by atoms with Crippen LogP contribution >= 0.6 is 0 Å². The quantitative estimate of drug-likeness (QED) is 0.449. The third-order valence-corrected chi connectivity index (χ3v) is 6.49. The molecule has 1 fully saturated rings. The molecule has 174 valence electrons. The summed E-state index contributed by atoms with van der Waals surface area (Å²) >= 11 is 0. The molecule has 5 amide bonds. The van der Waals surface area contributed by atoms with Crippen molar-refractivity contribution in [3.8, 4) is 0 Å². The Morgan fingerprint density at radius 3 is 2.68 bits per heavy atom. The van der Waals surface area contributed by atoms with Crippen LogP contribution in [0.15, 0.2) is 36.4 Å². The predicted octanol–water partition coefficient (Wildman–Crippen LogP) is 0.667. The van der Waals surface area contributed by atoms with Gasteiger partial charge in [-0.05, 0) is 48.2 Å². The fourth-order valence-electron chi connectivity index (χ4n) is 4.73. The molecular weight excluding hydrogens is 438 g/mol.